The molecule has 0 aliphatic heterocycles. The zero-order chi connectivity index (χ0) is 9.40. The highest BCUT2D eigenvalue weighted by atomic mass is 16.5. The molecule has 0 aromatic carbocycles. The highest BCUT2D eigenvalue weighted by Crippen LogP contribution is 2.13. The van der Waals surface area contributed by atoms with Crippen LogP contribution in [0.3, 0.4) is 0 Å². The predicted octanol–water partition coefficient (Wildman–Crippen LogP) is 2.48. The van der Waals surface area contributed by atoms with Gasteiger partial charge in [-0.3, -0.25) is 0 Å². The summed E-state index contributed by atoms with van der Waals surface area (Å²) in [6.45, 7) is 4.42. The number of aliphatic hydroxyl groups excluding tert-OH is 1. The summed E-state index contributed by atoms with van der Waals surface area (Å²) in [4.78, 5) is 0. The Balaban J connectivity index is 3.53. The molecule has 0 atom stereocenters. The fourth-order valence-electron chi connectivity index (χ4n) is 1.13. The van der Waals surface area contributed by atoms with Crippen LogP contribution >= 0.6 is 0 Å². The fourth-order valence-corrected chi connectivity index (χ4v) is 1.13. The Bertz CT molecular complexity index is 135. The van der Waals surface area contributed by atoms with Crippen molar-refractivity contribution in [1.29, 1.82) is 0 Å². The van der Waals surface area contributed by atoms with E-state index in [0.29, 0.717) is 6.61 Å². The van der Waals surface area contributed by atoms with Gasteiger partial charge in [-0.2, -0.15) is 0 Å². The van der Waals surface area contributed by atoms with Gasteiger partial charge < -0.3 is 9.84 Å². The molecular weight excluding hydrogens is 152 g/mol. The summed E-state index contributed by atoms with van der Waals surface area (Å²) < 4.78 is 5.21. The van der Waals surface area contributed by atoms with E-state index in [1.807, 2.05) is 0 Å². The Morgan fingerprint density at radius 3 is 2.25 bits per heavy atom. The van der Waals surface area contributed by atoms with Crippen molar-refractivity contribution >= 4 is 0 Å². The van der Waals surface area contributed by atoms with Crippen molar-refractivity contribution < 1.29 is 9.84 Å². The molecule has 0 rings (SSSR count). The van der Waals surface area contributed by atoms with E-state index in [4.69, 9.17) is 9.84 Å². The van der Waals surface area contributed by atoms with Crippen LogP contribution < -0.4 is 0 Å². The second-order valence-electron chi connectivity index (χ2n) is 3.16. The van der Waals surface area contributed by atoms with Gasteiger partial charge in [-0.05, 0) is 32.3 Å². The van der Waals surface area contributed by atoms with Crippen molar-refractivity contribution in [2.45, 2.75) is 39.5 Å². The van der Waals surface area contributed by atoms with Crippen molar-refractivity contribution in [3.8, 4) is 0 Å². The smallest absolute Gasteiger partial charge is 0.0941 e. The first-order valence-corrected chi connectivity index (χ1v) is 4.53. The minimum Gasteiger partial charge on any atom is -0.501 e. The average Bonchev–Trinajstić information content (AvgIpc) is 2.04. The van der Waals surface area contributed by atoms with Crippen LogP contribution in [0.25, 0.3) is 0 Å². The lowest BCUT2D eigenvalue weighted by atomic mass is 10.1. The maximum absolute atomic E-state index is 8.55. The topological polar surface area (TPSA) is 29.5 Å². The Labute approximate surface area is 75.2 Å². The van der Waals surface area contributed by atoms with Crippen LogP contribution in [-0.4, -0.2) is 18.8 Å². The van der Waals surface area contributed by atoms with E-state index in [1.54, 1.807) is 7.11 Å². The van der Waals surface area contributed by atoms with Gasteiger partial charge in [0.15, 0.2) is 0 Å². The molecule has 0 amide bonds. The summed E-state index contributed by atoms with van der Waals surface area (Å²) in [7, 11) is 1.72. The first kappa shape index (κ1) is 11.5. The molecule has 0 saturated carbocycles. The first-order valence-electron chi connectivity index (χ1n) is 4.53. The lowest BCUT2D eigenvalue weighted by Gasteiger charge is -2.07. The molecule has 2 nitrogen and oxygen atoms in total. The van der Waals surface area contributed by atoms with Crippen LogP contribution in [0, 0.1) is 0 Å². The average molecular weight is 172 g/mol. The molecule has 0 aliphatic rings. The number of methoxy groups -OCH3 is 1. The van der Waals surface area contributed by atoms with Gasteiger partial charge in [-0.1, -0.05) is 6.42 Å². The molecule has 0 heterocycles. The number of hydrogen-bond donors (Lipinski definition) is 1. The Morgan fingerprint density at radius 1 is 1.17 bits per heavy atom. The van der Waals surface area contributed by atoms with E-state index in [-0.39, 0.29) is 0 Å². The van der Waals surface area contributed by atoms with Crippen molar-refractivity contribution in [1.82, 2.24) is 0 Å². The number of aliphatic hydroxyl groups is 1. The summed E-state index contributed by atoms with van der Waals surface area (Å²) in [5.41, 5.74) is 1.25. The predicted molar refractivity (Wildman–Crippen MR) is 50.9 cm³/mol. The number of rotatable bonds is 6. The van der Waals surface area contributed by atoms with Gasteiger partial charge in [-0.25, -0.2) is 0 Å². The van der Waals surface area contributed by atoms with Crippen LogP contribution in [0.4, 0.5) is 0 Å². The summed E-state index contributed by atoms with van der Waals surface area (Å²) in [6.07, 6.45) is 4.09. The second kappa shape index (κ2) is 7.17. The number of unbranched alkanes of at least 4 members (excludes halogenated alkanes) is 2. The fraction of sp³-hybridized carbons (Fsp3) is 0.800. The summed E-state index contributed by atoms with van der Waals surface area (Å²) >= 11 is 0. The van der Waals surface area contributed by atoms with Crippen molar-refractivity contribution in [3.63, 3.8) is 0 Å². The van der Waals surface area contributed by atoms with Crippen molar-refractivity contribution in [2.75, 3.05) is 13.7 Å². The molecule has 0 bridgehead atoms. The van der Waals surface area contributed by atoms with Crippen LogP contribution in [-0.2, 0) is 4.74 Å². The molecule has 1 N–H and O–H groups in total. The number of ether oxygens (including phenoxy) is 1. The Hall–Kier alpha value is -0.500. The molecule has 2 heteroatoms. The van der Waals surface area contributed by atoms with Crippen molar-refractivity contribution in [3.05, 3.63) is 11.3 Å². The molecule has 72 valence electrons. The van der Waals surface area contributed by atoms with Crippen LogP contribution in [0.2, 0.25) is 0 Å². The Morgan fingerprint density at radius 2 is 1.83 bits per heavy atom. The summed E-state index contributed by atoms with van der Waals surface area (Å²) in [5, 5.41) is 8.55. The molecule has 0 fully saturated rings. The molecule has 12 heavy (non-hydrogen) atoms. The van der Waals surface area contributed by atoms with Gasteiger partial charge in [0.1, 0.15) is 0 Å². The minimum atomic E-state index is 0.303. The number of hydrogen-bond acceptors (Lipinski definition) is 2. The third-order valence-corrected chi connectivity index (χ3v) is 1.87. The summed E-state index contributed by atoms with van der Waals surface area (Å²) in [6, 6.07) is 0. The molecule has 0 aromatic rings. The van der Waals surface area contributed by atoms with E-state index >= 15 is 0 Å². The molecular formula is C10H20O2. The standard InChI is InChI=1S/C10H20O2/c1-9(2)10(12-3)7-5-4-6-8-11/h11H,4-8H2,1-3H3. The highest BCUT2D eigenvalue weighted by molar-refractivity contribution is 5.01. The van der Waals surface area contributed by atoms with Crippen LogP contribution in [0.1, 0.15) is 39.5 Å². The SMILES string of the molecule is COC(CCCCCO)=C(C)C. The van der Waals surface area contributed by atoms with E-state index in [1.165, 1.54) is 5.57 Å². The van der Waals surface area contributed by atoms with Gasteiger partial charge in [0, 0.05) is 13.0 Å². The molecule has 0 unspecified atom stereocenters. The van der Waals surface area contributed by atoms with Gasteiger partial charge in [0.05, 0.1) is 12.9 Å². The quantitative estimate of drug-likeness (QED) is 0.492. The number of allylic oxidation sites excluding steroid dienone is 2. The van der Waals surface area contributed by atoms with Crippen LogP contribution in [0.5, 0.6) is 0 Å². The zero-order valence-corrected chi connectivity index (χ0v) is 8.39. The largest absolute Gasteiger partial charge is 0.501 e. The van der Waals surface area contributed by atoms with Gasteiger partial charge in [0.2, 0.25) is 0 Å². The lowest BCUT2D eigenvalue weighted by Crippen LogP contribution is -1.91. The van der Waals surface area contributed by atoms with Gasteiger partial charge in [0.25, 0.3) is 0 Å². The van der Waals surface area contributed by atoms with E-state index in [9.17, 15) is 0 Å². The molecule has 0 aromatic heterocycles. The first-order chi connectivity index (χ1) is 5.72. The van der Waals surface area contributed by atoms with E-state index in [0.717, 1.165) is 31.4 Å². The van der Waals surface area contributed by atoms with Gasteiger partial charge >= 0.3 is 0 Å². The monoisotopic (exact) mass is 172 g/mol. The van der Waals surface area contributed by atoms with E-state index in [2.05, 4.69) is 13.8 Å². The second-order valence-corrected chi connectivity index (χ2v) is 3.16. The molecule has 0 saturated heterocycles. The normalized spacial score (nSPS) is 9.67. The third-order valence-electron chi connectivity index (χ3n) is 1.87. The van der Waals surface area contributed by atoms with E-state index < -0.39 is 0 Å². The summed E-state index contributed by atoms with van der Waals surface area (Å²) in [5.74, 6) is 1.09. The van der Waals surface area contributed by atoms with Gasteiger partial charge in [-0.15, -0.1) is 0 Å². The Kier molecular flexibility index (Phi) is 6.87. The maximum atomic E-state index is 8.55. The minimum absolute atomic E-state index is 0.303. The van der Waals surface area contributed by atoms with Crippen molar-refractivity contribution in [2.24, 2.45) is 0 Å². The molecule has 0 radical (unpaired) electrons. The highest BCUT2D eigenvalue weighted by Gasteiger charge is 1.98. The molecule has 0 spiro atoms. The van der Waals surface area contributed by atoms with Crippen LogP contribution in [0.15, 0.2) is 11.3 Å². The third kappa shape index (κ3) is 5.19. The maximum Gasteiger partial charge on any atom is 0.0941 e. The zero-order valence-electron chi connectivity index (χ0n) is 8.39. The lowest BCUT2D eigenvalue weighted by molar-refractivity contribution is 0.261. The molecule has 0 aliphatic carbocycles.